The molecule has 0 saturated heterocycles. The average molecular weight is 438 g/mol. The molecule has 2 aliphatic carbocycles. The molecule has 29 heavy (non-hydrogen) atoms. The predicted octanol–water partition coefficient (Wildman–Crippen LogP) is 4.69. The number of rotatable bonds is 11. The molecule has 1 fully saturated rings. The summed E-state index contributed by atoms with van der Waals surface area (Å²) in [5, 5.41) is 9.30. The number of aliphatic carboxylic acids is 1. The molecule has 2 bridgehead atoms. The van der Waals surface area contributed by atoms with Crippen molar-refractivity contribution >= 4 is 27.6 Å². The molecule has 0 radical (unpaired) electrons. The van der Waals surface area contributed by atoms with Crippen molar-refractivity contribution in [2.75, 3.05) is 5.75 Å². The smallest absolute Gasteiger partial charge is 0.303 e. The molecule has 2 atom stereocenters. The third kappa shape index (κ3) is 6.34. The minimum atomic E-state index is -3.42. The number of halogens is 1. The van der Waals surface area contributed by atoms with Gasteiger partial charge in [0.2, 0.25) is 10.0 Å². The van der Waals surface area contributed by atoms with E-state index < -0.39 is 16.0 Å². The Morgan fingerprint density at radius 2 is 2.03 bits per heavy atom. The summed E-state index contributed by atoms with van der Waals surface area (Å²) in [4.78, 5) is 10.6. The number of fused-ring (bicyclic) bond motifs is 2. The topological polar surface area (TPSA) is 83.5 Å². The summed E-state index contributed by atoms with van der Waals surface area (Å²) in [7, 11) is -3.42. The maximum Gasteiger partial charge on any atom is 0.303 e. The maximum absolute atomic E-state index is 12.7. The van der Waals surface area contributed by atoms with Crippen molar-refractivity contribution < 1.29 is 18.3 Å². The summed E-state index contributed by atoms with van der Waals surface area (Å²) in [6.45, 7) is 0. The van der Waals surface area contributed by atoms with Crippen LogP contribution in [-0.2, 0) is 21.2 Å². The Balaban J connectivity index is 1.60. The van der Waals surface area contributed by atoms with Crippen LogP contribution in [0.3, 0.4) is 0 Å². The third-order valence-corrected chi connectivity index (χ3v) is 7.27. The summed E-state index contributed by atoms with van der Waals surface area (Å²) in [5.74, 6) is 0.0429. The van der Waals surface area contributed by atoms with Gasteiger partial charge in [0, 0.05) is 23.1 Å². The van der Waals surface area contributed by atoms with Gasteiger partial charge < -0.3 is 5.11 Å². The summed E-state index contributed by atoms with van der Waals surface area (Å²) in [5.41, 5.74) is 3.03. The molecule has 1 aromatic rings. The van der Waals surface area contributed by atoms with Gasteiger partial charge in [-0.15, -0.1) is 0 Å². The van der Waals surface area contributed by atoms with Crippen LogP contribution in [0, 0.1) is 11.8 Å². The zero-order valence-corrected chi connectivity index (χ0v) is 18.0. The zero-order valence-electron chi connectivity index (χ0n) is 16.4. The summed E-state index contributed by atoms with van der Waals surface area (Å²) < 4.78 is 28.3. The molecule has 0 amide bonds. The Hall–Kier alpha value is -1.79. The molecule has 158 valence electrons. The van der Waals surface area contributed by atoms with Crippen LogP contribution in [0.5, 0.6) is 0 Å². The highest BCUT2D eigenvalue weighted by molar-refractivity contribution is 7.89. The highest BCUT2D eigenvalue weighted by atomic mass is 35.5. The van der Waals surface area contributed by atoms with Crippen LogP contribution in [0.1, 0.15) is 50.5 Å². The van der Waals surface area contributed by atoms with Crippen molar-refractivity contribution in [3.63, 3.8) is 0 Å². The zero-order chi connectivity index (χ0) is 20.9. The Bertz CT molecular complexity index is 907. The molecule has 2 aliphatic rings. The van der Waals surface area contributed by atoms with Crippen molar-refractivity contribution in [2.45, 2.75) is 51.4 Å². The SMILES string of the molecule is O=C(O)CCCC=CCC1=C(NS(=O)(=O)CCc2cccc(Cl)c2)C2CCC1C2. The van der Waals surface area contributed by atoms with E-state index in [9.17, 15) is 13.2 Å². The van der Waals surface area contributed by atoms with Crippen LogP contribution in [0.2, 0.25) is 5.02 Å². The Kier molecular flexibility index (Phi) is 7.41. The standard InChI is InChI=1S/C22H28ClNO4S/c23-19-7-5-6-16(14-19)12-13-29(27,28)24-22-18-11-10-17(15-18)20(22)8-3-1-2-4-9-21(25)26/h1,3,5-7,14,17-18,24H,2,4,8-13,15H2,(H,25,26). The maximum atomic E-state index is 12.7. The second-order valence-electron chi connectivity index (χ2n) is 7.91. The first-order chi connectivity index (χ1) is 13.8. The Morgan fingerprint density at radius 3 is 2.79 bits per heavy atom. The van der Waals surface area contributed by atoms with Crippen LogP contribution >= 0.6 is 11.6 Å². The van der Waals surface area contributed by atoms with Gasteiger partial charge in [-0.1, -0.05) is 35.9 Å². The number of carboxylic acids is 1. The van der Waals surface area contributed by atoms with E-state index in [1.807, 2.05) is 18.2 Å². The van der Waals surface area contributed by atoms with Gasteiger partial charge in [0.15, 0.2) is 0 Å². The van der Waals surface area contributed by atoms with Gasteiger partial charge in [-0.2, -0.15) is 0 Å². The van der Waals surface area contributed by atoms with E-state index in [4.69, 9.17) is 16.7 Å². The quantitative estimate of drug-likeness (QED) is 0.388. The Morgan fingerprint density at radius 1 is 1.24 bits per heavy atom. The number of carbonyl (C=O) groups is 1. The lowest BCUT2D eigenvalue weighted by Crippen LogP contribution is -2.30. The minimum Gasteiger partial charge on any atom is -0.481 e. The second kappa shape index (κ2) is 9.81. The molecule has 7 heteroatoms. The first kappa shape index (κ1) is 21.9. The lowest BCUT2D eigenvalue weighted by atomic mass is 9.93. The lowest BCUT2D eigenvalue weighted by molar-refractivity contribution is -0.137. The first-order valence-electron chi connectivity index (χ1n) is 10.2. The third-order valence-electron chi connectivity index (χ3n) is 5.76. The molecule has 2 unspecified atom stereocenters. The highest BCUT2D eigenvalue weighted by Crippen LogP contribution is 2.49. The van der Waals surface area contributed by atoms with Crippen LogP contribution in [0.25, 0.3) is 0 Å². The number of unbranched alkanes of at least 4 members (excludes halogenated alkanes) is 1. The average Bonchev–Trinajstić information content (AvgIpc) is 3.25. The van der Waals surface area contributed by atoms with E-state index in [1.54, 1.807) is 12.1 Å². The van der Waals surface area contributed by atoms with Crippen LogP contribution < -0.4 is 4.72 Å². The second-order valence-corrected chi connectivity index (χ2v) is 10.2. The van der Waals surface area contributed by atoms with Gasteiger partial charge in [0.05, 0.1) is 5.75 Å². The van der Waals surface area contributed by atoms with E-state index in [0.717, 1.165) is 43.4 Å². The molecule has 1 aromatic carbocycles. The number of hydrogen-bond donors (Lipinski definition) is 2. The number of benzene rings is 1. The van der Waals surface area contributed by atoms with E-state index >= 15 is 0 Å². The number of allylic oxidation sites excluding steroid dienone is 4. The van der Waals surface area contributed by atoms with Crippen molar-refractivity contribution in [1.29, 1.82) is 0 Å². The van der Waals surface area contributed by atoms with E-state index in [1.165, 1.54) is 5.57 Å². The predicted molar refractivity (Wildman–Crippen MR) is 115 cm³/mol. The van der Waals surface area contributed by atoms with E-state index in [0.29, 0.717) is 29.7 Å². The van der Waals surface area contributed by atoms with Gasteiger partial charge in [0.25, 0.3) is 0 Å². The largest absolute Gasteiger partial charge is 0.481 e. The van der Waals surface area contributed by atoms with Crippen LogP contribution in [0.4, 0.5) is 0 Å². The number of aryl methyl sites for hydroxylation is 1. The Labute approximate surface area is 177 Å². The van der Waals surface area contributed by atoms with E-state index in [2.05, 4.69) is 10.8 Å². The van der Waals surface area contributed by atoms with Gasteiger partial charge in [-0.25, -0.2) is 8.42 Å². The van der Waals surface area contributed by atoms with Gasteiger partial charge >= 0.3 is 5.97 Å². The van der Waals surface area contributed by atoms with Crippen molar-refractivity contribution in [3.8, 4) is 0 Å². The number of nitrogens with one attached hydrogen (secondary N) is 1. The van der Waals surface area contributed by atoms with Crippen molar-refractivity contribution in [3.05, 3.63) is 58.3 Å². The lowest BCUT2D eigenvalue weighted by Gasteiger charge is -2.21. The molecule has 0 aromatic heterocycles. The molecular weight excluding hydrogens is 410 g/mol. The molecule has 0 spiro atoms. The molecule has 3 rings (SSSR count). The minimum absolute atomic E-state index is 0.0343. The van der Waals surface area contributed by atoms with Crippen LogP contribution in [0.15, 0.2) is 47.7 Å². The fraction of sp³-hybridized carbons (Fsp3) is 0.500. The van der Waals surface area contributed by atoms with Crippen molar-refractivity contribution in [1.82, 2.24) is 4.72 Å². The van der Waals surface area contributed by atoms with Gasteiger partial charge in [0.1, 0.15) is 0 Å². The van der Waals surface area contributed by atoms with E-state index in [-0.39, 0.29) is 12.2 Å². The number of sulfonamides is 1. The number of carboxylic acid groups (broad SMARTS) is 1. The molecule has 1 saturated carbocycles. The van der Waals surface area contributed by atoms with Gasteiger partial charge in [-0.05, 0) is 74.1 Å². The first-order valence-corrected chi connectivity index (χ1v) is 12.2. The van der Waals surface area contributed by atoms with Gasteiger partial charge in [-0.3, -0.25) is 9.52 Å². The summed E-state index contributed by atoms with van der Waals surface area (Å²) >= 11 is 5.98. The molecule has 2 N–H and O–H groups in total. The highest BCUT2D eigenvalue weighted by Gasteiger charge is 2.39. The molecule has 0 aliphatic heterocycles. The van der Waals surface area contributed by atoms with Crippen molar-refractivity contribution in [2.24, 2.45) is 11.8 Å². The monoisotopic (exact) mass is 437 g/mol. The number of hydrogen-bond acceptors (Lipinski definition) is 3. The molecular formula is C22H28ClNO4S. The fourth-order valence-electron chi connectivity index (χ4n) is 4.33. The molecule has 5 nitrogen and oxygen atoms in total. The van der Waals surface area contributed by atoms with Crippen LogP contribution in [-0.4, -0.2) is 25.2 Å². The molecule has 0 heterocycles. The fourth-order valence-corrected chi connectivity index (χ4v) is 5.78. The normalized spacial score (nSPS) is 21.3. The summed E-state index contributed by atoms with van der Waals surface area (Å²) in [6.07, 6.45) is 9.96. The summed E-state index contributed by atoms with van der Waals surface area (Å²) in [6, 6.07) is 7.30.